The molecule has 2 N–H and O–H groups in total. The van der Waals surface area contributed by atoms with E-state index in [2.05, 4.69) is 4.74 Å². The number of hydrogen-bond donors (Lipinski definition) is 1. The van der Waals surface area contributed by atoms with Crippen molar-refractivity contribution in [3.63, 3.8) is 0 Å². The molecule has 2 nitrogen and oxygen atoms in total. The largest absolute Gasteiger partial charge is 0.367 e. The van der Waals surface area contributed by atoms with Gasteiger partial charge < -0.3 is 10.5 Å². The normalized spacial score (nSPS) is 14.5. The zero-order valence-corrected chi connectivity index (χ0v) is 4.14. The molecule has 0 aliphatic rings. The minimum absolute atomic E-state index is 0.190. The van der Waals surface area contributed by atoms with Gasteiger partial charge in [-0.2, -0.15) is 0 Å². The highest BCUT2D eigenvalue weighted by molar-refractivity contribution is 4.61. The zero-order valence-electron chi connectivity index (χ0n) is 4.14. The van der Waals surface area contributed by atoms with Crippen molar-refractivity contribution in [2.24, 2.45) is 5.73 Å². The molecule has 0 aromatic rings. The van der Waals surface area contributed by atoms with E-state index in [0.29, 0.717) is 0 Å². The van der Waals surface area contributed by atoms with E-state index < -0.39 is 0 Å². The van der Waals surface area contributed by atoms with Crippen molar-refractivity contribution >= 4 is 0 Å². The van der Waals surface area contributed by atoms with E-state index in [1.54, 1.807) is 13.5 Å². The molecule has 1 atom stereocenters. The summed E-state index contributed by atoms with van der Waals surface area (Å²) >= 11 is 0. The molecule has 0 heterocycles. The van der Waals surface area contributed by atoms with Crippen LogP contribution in [0.1, 0.15) is 6.92 Å². The topological polar surface area (TPSA) is 35.2 Å². The van der Waals surface area contributed by atoms with Crippen LogP contribution in [0.2, 0.25) is 0 Å². The van der Waals surface area contributed by atoms with Gasteiger partial charge in [-0.1, -0.05) is 6.92 Å². The van der Waals surface area contributed by atoms with Crippen molar-refractivity contribution < 1.29 is 4.74 Å². The molecule has 2 heteroatoms. The minimum Gasteiger partial charge on any atom is -0.367 e. The Hall–Kier alpha value is -0.0800. The third-order valence-electron chi connectivity index (χ3n) is 0.601. The number of methoxy groups -OCH3 is 1. The maximum absolute atomic E-state index is 5.19. The van der Waals surface area contributed by atoms with Crippen LogP contribution in [0.4, 0.5) is 0 Å². The van der Waals surface area contributed by atoms with Gasteiger partial charge in [-0.15, -0.1) is 0 Å². The highest BCUT2D eigenvalue weighted by Gasteiger charge is 1.88. The quantitative estimate of drug-likeness (QED) is 0.487. The van der Waals surface area contributed by atoms with Crippen molar-refractivity contribution in [1.82, 2.24) is 0 Å². The Morgan fingerprint density at radius 1 is 1.83 bits per heavy atom. The van der Waals surface area contributed by atoms with E-state index >= 15 is 0 Å². The van der Waals surface area contributed by atoms with Crippen LogP contribution < -0.4 is 5.73 Å². The monoisotopic (exact) mass is 88.1 g/mol. The molecule has 0 aliphatic heterocycles. The molecule has 0 bridgehead atoms. The average molecular weight is 88.1 g/mol. The van der Waals surface area contributed by atoms with Crippen LogP contribution in [-0.2, 0) is 4.74 Å². The van der Waals surface area contributed by atoms with Crippen LogP contribution in [0.25, 0.3) is 0 Å². The molecule has 37 valence electrons. The number of rotatable bonds is 2. The summed E-state index contributed by atoms with van der Waals surface area (Å²) in [5, 5.41) is 0. The Morgan fingerprint density at radius 3 is 2.33 bits per heavy atom. The van der Waals surface area contributed by atoms with Crippen molar-refractivity contribution in [3.05, 3.63) is 6.42 Å². The fraction of sp³-hybridized carbons (Fsp3) is 0.750. The van der Waals surface area contributed by atoms with Gasteiger partial charge in [0.25, 0.3) is 0 Å². The summed E-state index contributed by atoms with van der Waals surface area (Å²) in [6, 6.07) is 0. The molecular weight excluding hydrogens is 78.0 g/mol. The van der Waals surface area contributed by atoms with E-state index in [0.717, 1.165) is 0 Å². The molecule has 0 saturated carbocycles. The lowest BCUT2D eigenvalue weighted by Crippen LogP contribution is -2.20. The van der Waals surface area contributed by atoms with Crippen molar-refractivity contribution in [2.75, 3.05) is 7.11 Å². The van der Waals surface area contributed by atoms with Gasteiger partial charge in [-0.3, -0.25) is 0 Å². The van der Waals surface area contributed by atoms with Crippen molar-refractivity contribution in [1.29, 1.82) is 0 Å². The van der Waals surface area contributed by atoms with Crippen LogP contribution in [0.3, 0.4) is 0 Å². The minimum atomic E-state index is -0.190. The molecule has 1 unspecified atom stereocenters. The Kier molecular flexibility index (Phi) is 3.08. The van der Waals surface area contributed by atoms with Gasteiger partial charge in [0.2, 0.25) is 0 Å². The van der Waals surface area contributed by atoms with Crippen molar-refractivity contribution in [3.8, 4) is 0 Å². The van der Waals surface area contributed by atoms with Gasteiger partial charge in [0.1, 0.15) is 6.23 Å². The SMILES string of the molecule is C[CH]C(N)OC. The summed E-state index contributed by atoms with van der Waals surface area (Å²) in [7, 11) is 1.57. The maximum atomic E-state index is 5.19. The second-order valence-corrected chi connectivity index (χ2v) is 1.03. The molecule has 0 aromatic carbocycles. The smallest absolute Gasteiger partial charge is 0.108 e. The van der Waals surface area contributed by atoms with E-state index in [1.807, 2.05) is 6.92 Å². The van der Waals surface area contributed by atoms with Crippen molar-refractivity contribution in [2.45, 2.75) is 13.2 Å². The number of nitrogens with two attached hydrogens (primary N) is 1. The Balaban J connectivity index is 2.75. The van der Waals surface area contributed by atoms with Gasteiger partial charge in [0.05, 0.1) is 0 Å². The average Bonchev–Trinajstić information content (AvgIpc) is 1.65. The van der Waals surface area contributed by atoms with Crippen LogP contribution in [0.15, 0.2) is 0 Å². The molecule has 0 fully saturated rings. The lowest BCUT2D eigenvalue weighted by atomic mass is 10.4. The van der Waals surface area contributed by atoms with Gasteiger partial charge in [-0.05, 0) is 0 Å². The Bertz CT molecular complexity index is 26.7. The summed E-state index contributed by atoms with van der Waals surface area (Å²) < 4.78 is 4.62. The van der Waals surface area contributed by atoms with Crippen LogP contribution in [-0.4, -0.2) is 13.3 Å². The van der Waals surface area contributed by atoms with E-state index in [1.165, 1.54) is 0 Å². The summed E-state index contributed by atoms with van der Waals surface area (Å²) in [6.07, 6.45) is 1.59. The third kappa shape index (κ3) is 2.18. The lowest BCUT2D eigenvalue weighted by molar-refractivity contribution is 0.134. The molecule has 6 heavy (non-hydrogen) atoms. The summed E-state index contributed by atoms with van der Waals surface area (Å²) in [5.41, 5.74) is 5.19. The molecule has 0 rings (SSSR count). The summed E-state index contributed by atoms with van der Waals surface area (Å²) in [6.45, 7) is 1.86. The molecule has 0 spiro atoms. The number of hydrogen-bond acceptors (Lipinski definition) is 2. The number of ether oxygens (including phenoxy) is 1. The highest BCUT2D eigenvalue weighted by Crippen LogP contribution is 1.79. The summed E-state index contributed by atoms with van der Waals surface area (Å²) in [4.78, 5) is 0. The first-order chi connectivity index (χ1) is 2.81. The fourth-order valence-corrected chi connectivity index (χ4v) is 0.136. The van der Waals surface area contributed by atoms with E-state index in [-0.39, 0.29) is 6.23 Å². The highest BCUT2D eigenvalue weighted by atomic mass is 16.5. The molecular formula is C4H10NO. The standard InChI is InChI=1S/C4H10NO/c1-3-4(5)6-2/h3-4H,5H2,1-2H3. The van der Waals surface area contributed by atoms with E-state index in [4.69, 9.17) is 5.73 Å². The molecule has 0 aromatic heterocycles. The van der Waals surface area contributed by atoms with Gasteiger partial charge >= 0.3 is 0 Å². The predicted molar refractivity (Wildman–Crippen MR) is 25.0 cm³/mol. The molecule has 0 amide bonds. The van der Waals surface area contributed by atoms with Gasteiger partial charge in [0.15, 0.2) is 0 Å². The third-order valence-corrected chi connectivity index (χ3v) is 0.601. The fourth-order valence-electron chi connectivity index (χ4n) is 0.136. The summed E-state index contributed by atoms with van der Waals surface area (Å²) in [5.74, 6) is 0. The Labute approximate surface area is 38.3 Å². The second-order valence-electron chi connectivity index (χ2n) is 1.03. The van der Waals surface area contributed by atoms with Gasteiger partial charge in [-0.25, -0.2) is 0 Å². The predicted octanol–water partition coefficient (Wildman–Crippen LogP) is 0.142. The zero-order chi connectivity index (χ0) is 4.99. The maximum Gasteiger partial charge on any atom is 0.108 e. The first-order valence-corrected chi connectivity index (χ1v) is 1.89. The van der Waals surface area contributed by atoms with Gasteiger partial charge in [0, 0.05) is 13.5 Å². The first-order valence-electron chi connectivity index (χ1n) is 1.89. The molecule has 0 aliphatic carbocycles. The molecule has 1 radical (unpaired) electrons. The first kappa shape index (κ1) is 5.92. The van der Waals surface area contributed by atoms with E-state index in [9.17, 15) is 0 Å². The van der Waals surface area contributed by atoms with Crippen LogP contribution >= 0.6 is 0 Å². The Morgan fingerprint density at radius 2 is 2.33 bits per heavy atom. The lowest BCUT2D eigenvalue weighted by Gasteiger charge is -2.01. The van der Waals surface area contributed by atoms with Crippen LogP contribution in [0.5, 0.6) is 0 Å². The molecule has 0 saturated heterocycles. The second kappa shape index (κ2) is 3.12. The van der Waals surface area contributed by atoms with Crippen LogP contribution in [0, 0.1) is 6.42 Å².